The third-order valence-electron chi connectivity index (χ3n) is 3.66. The average molecular weight is 263 g/mol. The third kappa shape index (κ3) is 5.03. The van der Waals surface area contributed by atoms with Crippen LogP contribution in [0.4, 0.5) is 0 Å². The van der Waals surface area contributed by atoms with Crippen molar-refractivity contribution in [2.45, 2.75) is 46.1 Å². The number of nitrogens with two attached hydrogens (primary N) is 1. The molecule has 0 heterocycles. The first-order valence-electron chi connectivity index (χ1n) is 6.83. The summed E-state index contributed by atoms with van der Waals surface area (Å²) in [5.41, 5.74) is 9.77. The van der Waals surface area contributed by atoms with E-state index in [0.29, 0.717) is 12.3 Å². The standard InChI is InChI=1S/C16H25NO2/c1-11(9-15(17)16(18)19-4)5-7-14-8-6-12(2)13(3)10-14/h6,8,10-11,15H,5,7,9,17H2,1-4H3. The first-order valence-corrected chi connectivity index (χ1v) is 6.83. The first-order chi connectivity index (χ1) is 8.93. The predicted molar refractivity (Wildman–Crippen MR) is 78.0 cm³/mol. The van der Waals surface area contributed by atoms with Crippen molar-refractivity contribution in [3.63, 3.8) is 0 Å². The Balaban J connectivity index is 2.43. The maximum Gasteiger partial charge on any atom is 0.322 e. The SMILES string of the molecule is COC(=O)C(N)CC(C)CCc1ccc(C)c(C)c1. The molecule has 2 N–H and O–H groups in total. The van der Waals surface area contributed by atoms with Gasteiger partial charge >= 0.3 is 5.97 Å². The summed E-state index contributed by atoms with van der Waals surface area (Å²) in [7, 11) is 1.38. The predicted octanol–water partition coefficient (Wildman–Crippen LogP) is 2.76. The van der Waals surface area contributed by atoms with Crippen LogP contribution < -0.4 is 5.73 Å². The Hall–Kier alpha value is -1.35. The number of hydrogen-bond donors (Lipinski definition) is 1. The molecule has 0 aromatic heterocycles. The fraction of sp³-hybridized carbons (Fsp3) is 0.562. The van der Waals surface area contributed by atoms with Gasteiger partial charge in [0.2, 0.25) is 0 Å². The number of benzene rings is 1. The van der Waals surface area contributed by atoms with Gasteiger partial charge in [-0.2, -0.15) is 0 Å². The molecule has 2 unspecified atom stereocenters. The fourth-order valence-electron chi connectivity index (χ4n) is 2.17. The van der Waals surface area contributed by atoms with Crippen molar-refractivity contribution in [1.29, 1.82) is 0 Å². The lowest BCUT2D eigenvalue weighted by molar-refractivity contribution is -0.142. The molecular formula is C16H25NO2. The van der Waals surface area contributed by atoms with Gasteiger partial charge in [0.25, 0.3) is 0 Å². The molecule has 19 heavy (non-hydrogen) atoms. The molecule has 1 aromatic carbocycles. The maximum absolute atomic E-state index is 11.3. The molecule has 1 aromatic rings. The van der Waals surface area contributed by atoms with E-state index in [4.69, 9.17) is 5.73 Å². The highest BCUT2D eigenvalue weighted by Crippen LogP contribution is 2.16. The number of esters is 1. The highest BCUT2D eigenvalue weighted by molar-refractivity contribution is 5.75. The Morgan fingerprint density at radius 3 is 2.58 bits per heavy atom. The van der Waals surface area contributed by atoms with E-state index in [1.165, 1.54) is 23.8 Å². The van der Waals surface area contributed by atoms with E-state index in [2.05, 4.69) is 43.7 Å². The van der Waals surface area contributed by atoms with Crippen LogP contribution in [0.2, 0.25) is 0 Å². The molecule has 3 heteroatoms. The smallest absolute Gasteiger partial charge is 0.322 e. The molecule has 0 aliphatic carbocycles. The third-order valence-corrected chi connectivity index (χ3v) is 3.66. The van der Waals surface area contributed by atoms with Crippen LogP contribution in [0.3, 0.4) is 0 Å². The Morgan fingerprint density at radius 1 is 1.32 bits per heavy atom. The van der Waals surface area contributed by atoms with Crippen molar-refractivity contribution < 1.29 is 9.53 Å². The van der Waals surface area contributed by atoms with Crippen LogP contribution in [0, 0.1) is 19.8 Å². The normalized spacial score (nSPS) is 13.9. The maximum atomic E-state index is 11.3. The van der Waals surface area contributed by atoms with E-state index in [-0.39, 0.29) is 5.97 Å². The van der Waals surface area contributed by atoms with E-state index in [1.54, 1.807) is 0 Å². The van der Waals surface area contributed by atoms with E-state index >= 15 is 0 Å². The van der Waals surface area contributed by atoms with Crippen molar-refractivity contribution in [2.24, 2.45) is 11.7 Å². The average Bonchev–Trinajstić information content (AvgIpc) is 2.39. The van der Waals surface area contributed by atoms with Crippen molar-refractivity contribution in [3.8, 4) is 0 Å². The summed E-state index contributed by atoms with van der Waals surface area (Å²) in [4.78, 5) is 11.3. The van der Waals surface area contributed by atoms with Crippen LogP contribution in [0.1, 0.15) is 36.5 Å². The van der Waals surface area contributed by atoms with Gasteiger partial charge in [0, 0.05) is 0 Å². The summed E-state index contributed by atoms with van der Waals surface area (Å²) in [6.45, 7) is 6.39. The van der Waals surface area contributed by atoms with Crippen LogP contribution in [0.15, 0.2) is 18.2 Å². The topological polar surface area (TPSA) is 52.3 Å². The van der Waals surface area contributed by atoms with Gasteiger partial charge in [0.05, 0.1) is 7.11 Å². The number of rotatable bonds is 6. The zero-order chi connectivity index (χ0) is 14.4. The van der Waals surface area contributed by atoms with Crippen LogP contribution in [0.5, 0.6) is 0 Å². The van der Waals surface area contributed by atoms with Gasteiger partial charge in [-0.25, -0.2) is 0 Å². The lowest BCUT2D eigenvalue weighted by Crippen LogP contribution is -2.33. The molecule has 106 valence electrons. The van der Waals surface area contributed by atoms with Gasteiger partial charge in [0.1, 0.15) is 6.04 Å². The second-order valence-electron chi connectivity index (χ2n) is 5.43. The summed E-state index contributed by atoms with van der Waals surface area (Å²) in [6.07, 6.45) is 2.74. The number of aryl methyl sites for hydroxylation is 3. The molecule has 0 saturated heterocycles. The molecule has 0 bridgehead atoms. The van der Waals surface area contributed by atoms with Gasteiger partial charge < -0.3 is 10.5 Å². The minimum absolute atomic E-state index is 0.321. The van der Waals surface area contributed by atoms with Gasteiger partial charge in [-0.05, 0) is 55.7 Å². The van der Waals surface area contributed by atoms with Crippen molar-refractivity contribution >= 4 is 5.97 Å². The Morgan fingerprint density at radius 2 is 2.00 bits per heavy atom. The molecule has 1 rings (SSSR count). The van der Waals surface area contributed by atoms with E-state index < -0.39 is 6.04 Å². The zero-order valence-electron chi connectivity index (χ0n) is 12.4. The molecule has 0 fully saturated rings. The van der Waals surface area contributed by atoms with Crippen LogP contribution in [-0.4, -0.2) is 19.1 Å². The van der Waals surface area contributed by atoms with Gasteiger partial charge in [-0.15, -0.1) is 0 Å². The Bertz CT molecular complexity index is 429. The number of carbonyl (C=O) groups excluding carboxylic acids is 1. The molecule has 0 saturated carbocycles. The highest BCUT2D eigenvalue weighted by Gasteiger charge is 2.17. The Labute approximate surface area is 116 Å². The fourth-order valence-corrected chi connectivity index (χ4v) is 2.17. The summed E-state index contributed by atoms with van der Waals surface area (Å²) < 4.78 is 4.64. The monoisotopic (exact) mass is 263 g/mol. The molecule has 0 aliphatic heterocycles. The zero-order valence-corrected chi connectivity index (χ0v) is 12.4. The molecule has 0 aliphatic rings. The van der Waals surface area contributed by atoms with Crippen LogP contribution >= 0.6 is 0 Å². The summed E-state index contributed by atoms with van der Waals surface area (Å²) in [5, 5.41) is 0. The lowest BCUT2D eigenvalue weighted by Gasteiger charge is -2.15. The molecule has 0 radical (unpaired) electrons. The highest BCUT2D eigenvalue weighted by atomic mass is 16.5. The quantitative estimate of drug-likeness (QED) is 0.803. The minimum Gasteiger partial charge on any atom is -0.468 e. The number of carbonyl (C=O) groups is 1. The van der Waals surface area contributed by atoms with Gasteiger partial charge in [-0.1, -0.05) is 25.1 Å². The van der Waals surface area contributed by atoms with E-state index in [1.807, 2.05) is 0 Å². The molecule has 3 nitrogen and oxygen atoms in total. The van der Waals surface area contributed by atoms with Crippen LogP contribution in [0.25, 0.3) is 0 Å². The second kappa shape index (κ2) is 7.29. The molecular weight excluding hydrogens is 238 g/mol. The summed E-state index contributed by atoms with van der Waals surface area (Å²) >= 11 is 0. The molecule has 0 amide bonds. The molecule has 0 spiro atoms. The van der Waals surface area contributed by atoms with Crippen molar-refractivity contribution in [3.05, 3.63) is 34.9 Å². The van der Waals surface area contributed by atoms with E-state index in [0.717, 1.165) is 12.8 Å². The second-order valence-corrected chi connectivity index (χ2v) is 5.43. The largest absolute Gasteiger partial charge is 0.468 e. The van der Waals surface area contributed by atoms with Gasteiger partial charge in [0.15, 0.2) is 0 Å². The Kier molecular flexibility index (Phi) is 6.03. The van der Waals surface area contributed by atoms with E-state index in [9.17, 15) is 4.79 Å². The first kappa shape index (κ1) is 15.7. The summed E-state index contributed by atoms with van der Waals surface area (Å²) in [5.74, 6) is 0.0914. The minimum atomic E-state index is -0.500. The van der Waals surface area contributed by atoms with Crippen LogP contribution in [-0.2, 0) is 16.0 Å². The summed E-state index contributed by atoms with van der Waals surface area (Å²) in [6, 6.07) is 6.08. The lowest BCUT2D eigenvalue weighted by atomic mass is 9.94. The molecule has 2 atom stereocenters. The number of ether oxygens (including phenoxy) is 1. The van der Waals surface area contributed by atoms with Crippen molar-refractivity contribution in [2.75, 3.05) is 7.11 Å². The van der Waals surface area contributed by atoms with Crippen molar-refractivity contribution in [1.82, 2.24) is 0 Å². The number of hydrogen-bond acceptors (Lipinski definition) is 3. The van der Waals surface area contributed by atoms with Gasteiger partial charge in [-0.3, -0.25) is 4.79 Å². The number of methoxy groups -OCH3 is 1.